The van der Waals surface area contributed by atoms with Gasteiger partial charge in [-0.25, -0.2) is 0 Å². The molecule has 0 aromatic carbocycles. The molecule has 1 amide bonds. The van der Waals surface area contributed by atoms with Crippen LogP contribution >= 0.6 is 0 Å². The lowest BCUT2D eigenvalue weighted by Gasteiger charge is -2.35. The number of nitrogens with zero attached hydrogens (tertiary/aromatic N) is 3. The molecule has 0 bridgehead atoms. The molecule has 2 rings (SSSR count). The Morgan fingerprint density at radius 3 is 2.53 bits per heavy atom. The highest BCUT2D eigenvalue weighted by molar-refractivity contribution is 5.82. The van der Waals surface area contributed by atoms with Crippen LogP contribution in [0.4, 0.5) is 0 Å². The highest BCUT2D eigenvalue weighted by Crippen LogP contribution is 2.17. The Kier molecular flexibility index (Phi) is 5.19. The predicted octanol–water partition coefficient (Wildman–Crippen LogP) is -0.310. The lowest BCUT2D eigenvalue weighted by molar-refractivity contribution is -0.133. The number of hydrogen-bond donors (Lipinski definition) is 1. The summed E-state index contributed by atoms with van der Waals surface area (Å²) in [6.45, 7) is 6.01. The van der Waals surface area contributed by atoms with Crippen LogP contribution < -0.4 is 5.32 Å². The summed E-state index contributed by atoms with van der Waals surface area (Å²) in [5.74, 6) is 0.928. The fraction of sp³-hybridized carbons (Fsp3) is 0.929. The monoisotopic (exact) mass is 268 g/mol. The number of piperazine rings is 1. The maximum Gasteiger partial charge on any atom is 0.240 e. The molecule has 5 nitrogen and oxygen atoms in total. The first-order valence-electron chi connectivity index (χ1n) is 7.41. The Balaban J connectivity index is 1.78. The molecule has 2 aliphatic rings. The maximum atomic E-state index is 12.4. The molecule has 1 N–H and O–H groups in total. The number of hydrogen-bond acceptors (Lipinski definition) is 4. The number of nitrogens with one attached hydrogen (secondary N) is 1. The van der Waals surface area contributed by atoms with E-state index in [-0.39, 0.29) is 11.9 Å². The molecule has 5 heteroatoms. The standard InChI is InChI=1S/C14H28N4O/c1-16-7-4-12(5-8-16)10-18(3)14(19)13-11-17(2)9-6-15-13/h12-13,15H,4-11H2,1-3H3. The van der Waals surface area contributed by atoms with Gasteiger partial charge in [0.1, 0.15) is 0 Å². The van der Waals surface area contributed by atoms with Crippen LogP contribution in [0, 0.1) is 5.92 Å². The number of likely N-dealkylation sites (tertiary alicyclic amines) is 1. The van der Waals surface area contributed by atoms with Crippen LogP contribution in [0.1, 0.15) is 12.8 Å². The fourth-order valence-corrected chi connectivity index (χ4v) is 3.05. The Morgan fingerprint density at radius 1 is 1.21 bits per heavy atom. The summed E-state index contributed by atoms with van der Waals surface area (Å²) in [5, 5.41) is 3.33. The molecular weight excluding hydrogens is 240 g/mol. The second-order valence-corrected chi connectivity index (χ2v) is 6.23. The summed E-state index contributed by atoms with van der Waals surface area (Å²) in [4.78, 5) is 18.9. The van der Waals surface area contributed by atoms with Gasteiger partial charge in [0, 0.05) is 33.2 Å². The molecular formula is C14H28N4O. The lowest BCUT2D eigenvalue weighted by atomic mass is 9.96. The number of amides is 1. The zero-order chi connectivity index (χ0) is 13.8. The van der Waals surface area contributed by atoms with E-state index in [1.165, 1.54) is 12.8 Å². The molecule has 2 saturated heterocycles. The topological polar surface area (TPSA) is 38.8 Å². The average molecular weight is 268 g/mol. The molecule has 0 spiro atoms. The van der Waals surface area contributed by atoms with Crippen LogP contribution in [0.3, 0.4) is 0 Å². The van der Waals surface area contributed by atoms with Gasteiger partial charge in [0.15, 0.2) is 0 Å². The molecule has 1 unspecified atom stereocenters. The molecule has 0 radical (unpaired) electrons. The van der Waals surface area contributed by atoms with E-state index in [1.807, 2.05) is 11.9 Å². The number of carbonyl (C=O) groups is 1. The highest BCUT2D eigenvalue weighted by atomic mass is 16.2. The molecule has 110 valence electrons. The minimum atomic E-state index is -0.0185. The van der Waals surface area contributed by atoms with Gasteiger partial charge in [-0.3, -0.25) is 4.79 Å². The number of carbonyl (C=O) groups excluding carboxylic acids is 1. The second kappa shape index (κ2) is 6.68. The van der Waals surface area contributed by atoms with Crippen LogP contribution in [-0.4, -0.2) is 87.1 Å². The summed E-state index contributed by atoms with van der Waals surface area (Å²) in [6, 6.07) is -0.0185. The fourth-order valence-electron chi connectivity index (χ4n) is 3.05. The van der Waals surface area contributed by atoms with E-state index in [2.05, 4.69) is 29.2 Å². The Hall–Kier alpha value is -0.650. The van der Waals surface area contributed by atoms with Gasteiger partial charge in [-0.2, -0.15) is 0 Å². The van der Waals surface area contributed by atoms with Crippen LogP contribution in [0.5, 0.6) is 0 Å². The minimum Gasteiger partial charge on any atom is -0.344 e. The molecule has 2 heterocycles. The van der Waals surface area contributed by atoms with Crippen molar-refractivity contribution in [2.24, 2.45) is 5.92 Å². The third kappa shape index (κ3) is 4.16. The summed E-state index contributed by atoms with van der Waals surface area (Å²) < 4.78 is 0. The van der Waals surface area contributed by atoms with E-state index in [1.54, 1.807) is 0 Å². The quantitative estimate of drug-likeness (QED) is 0.762. The van der Waals surface area contributed by atoms with Crippen molar-refractivity contribution in [2.45, 2.75) is 18.9 Å². The van der Waals surface area contributed by atoms with Gasteiger partial charge < -0.3 is 20.0 Å². The van der Waals surface area contributed by atoms with E-state index in [9.17, 15) is 4.79 Å². The summed E-state index contributed by atoms with van der Waals surface area (Å²) in [5.41, 5.74) is 0. The molecule has 19 heavy (non-hydrogen) atoms. The predicted molar refractivity (Wildman–Crippen MR) is 77.1 cm³/mol. The zero-order valence-electron chi connectivity index (χ0n) is 12.6. The van der Waals surface area contributed by atoms with Gasteiger partial charge in [0.05, 0.1) is 6.04 Å². The normalized spacial score (nSPS) is 27.4. The van der Waals surface area contributed by atoms with E-state index >= 15 is 0 Å². The van der Waals surface area contributed by atoms with E-state index in [4.69, 9.17) is 0 Å². The van der Waals surface area contributed by atoms with Crippen molar-refractivity contribution in [1.82, 2.24) is 20.0 Å². The van der Waals surface area contributed by atoms with Crippen molar-refractivity contribution in [3.63, 3.8) is 0 Å². The van der Waals surface area contributed by atoms with Crippen molar-refractivity contribution in [1.29, 1.82) is 0 Å². The molecule has 0 saturated carbocycles. The smallest absolute Gasteiger partial charge is 0.240 e. The van der Waals surface area contributed by atoms with Gasteiger partial charge in [-0.1, -0.05) is 0 Å². The van der Waals surface area contributed by atoms with Crippen molar-refractivity contribution < 1.29 is 4.79 Å². The summed E-state index contributed by atoms with van der Waals surface area (Å²) in [7, 11) is 6.21. The Labute approximate surface area is 116 Å². The Bertz CT molecular complexity index is 302. The summed E-state index contributed by atoms with van der Waals surface area (Å²) in [6.07, 6.45) is 2.43. The van der Waals surface area contributed by atoms with Gasteiger partial charge in [-0.15, -0.1) is 0 Å². The SMILES string of the molecule is CN1CCC(CN(C)C(=O)C2CN(C)CCN2)CC1. The van der Waals surface area contributed by atoms with Crippen molar-refractivity contribution in [2.75, 3.05) is 60.4 Å². The zero-order valence-corrected chi connectivity index (χ0v) is 12.6. The Morgan fingerprint density at radius 2 is 1.89 bits per heavy atom. The van der Waals surface area contributed by atoms with Crippen LogP contribution in [0.2, 0.25) is 0 Å². The van der Waals surface area contributed by atoms with Gasteiger partial charge >= 0.3 is 0 Å². The van der Waals surface area contributed by atoms with Crippen molar-refractivity contribution >= 4 is 5.91 Å². The average Bonchev–Trinajstić information content (AvgIpc) is 2.40. The number of piperidine rings is 1. The molecule has 1 atom stereocenters. The molecule has 0 aromatic heterocycles. The van der Waals surface area contributed by atoms with Crippen LogP contribution in [0.25, 0.3) is 0 Å². The summed E-state index contributed by atoms with van der Waals surface area (Å²) >= 11 is 0. The van der Waals surface area contributed by atoms with E-state index < -0.39 is 0 Å². The highest BCUT2D eigenvalue weighted by Gasteiger charge is 2.27. The largest absolute Gasteiger partial charge is 0.344 e. The lowest BCUT2D eigenvalue weighted by Crippen LogP contribution is -2.56. The second-order valence-electron chi connectivity index (χ2n) is 6.23. The maximum absolute atomic E-state index is 12.4. The van der Waals surface area contributed by atoms with E-state index in [0.717, 1.165) is 39.3 Å². The molecule has 0 aliphatic carbocycles. The van der Waals surface area contributed by atoms with Crippen LogP contribution in [-0.2, 0) is 4.79 Å². The third-order valence-corrected chi connectivity index (χ3v) is 4.42. The molecule has 0 aromatic rings. The van der Waals surface area contributed by atoms with Crippen molar-refractivity contribution in [3.8, 4) is 0 Å². The molecule has 2 fully saturated rings. The van der Waals surface area contributed by atoms with Crippen LogP contribution in [0.15, 0.2) is 0 Å². The van der Waals surface area contributed by atoms with Gasteiger partial charge in [0.2, 0.25) is 5.91 Å². The molecule has 2 aliphatic heterocycles. The first-order valence-corrected chi connectivity index (χ1v) is 7.41. The number of rotatable bonds is 3. The third-order valence-electron chi connectivity index (χ3n) is 4.42. The van der Waals surface area contributed by atoms with Gasteiger partial charge in [-0.05, 0) is 45.9 Å². The number of likely N-dealkylation sites (N-methyl/N-ethyl adjacent to an activating group) is 2. The van der Waals surface area contributed by atoms with Gasteiger partial charge in [0.25, 0.3) is 0 Å². The van der Waals surface area contributed by atoms with E-state index in [0.29, 0.717) is 5.92 Å². The van der Waals surface area contributed by atoms with Crippen molar-refractivity contribution in [3.05, 3.63) is 0 Å². The first kappa shape index (κ1) is 14.8. The first-order chi connectivity index (χ1) is 9.06. The minimum absolute atomic E-state index is 0.0185.